The van der Waals surface area contributed by atoms with E-state index in [2.05, 4.69) is 10.6 Å². The topological polar surface area (TPSA) is 91.7 Å². The highest BCUT2D eigenvalue weighted by molar-refractivity contribution is 6.13. The van der Waals surface area contributed by atoms with Crippen molar-refractivity contribution in [2.45, 2.75) is 25.4 Å². The van der Waals surface area contributed by atoms with Crippen LogP contribution in [0.3, 0.4) is 0 Å². The molecule has 1 aliphatic rings. The summed E-state index contributed by atoms with van der Waals surface area (Å²) >= 11 is 0. The molecule has 1 fully saturated rings. The number of hydrogen-bond donors (Lipinski definition) is 2. The molecular formula is C25H25N3O4. The summed E-state index contributed by atoms with van der Waals surface area (Å²) in [5.74, 6) is 0.147. The fourth-order valence-electron chi connectivity index (χ4n) is 3.93. The molecule has 2 heterocycles. The van der Waals surface area contributed by atoms with E-state index in [0.29, 0.717) is 42.1 Å². The van der Waals surface area contributed by atoms with Crippen molar-refractivity contribution in [1.29, 1.82) is 0 Å². The van der Waals surface area contributed by atoms with E-state index in [1.165, 1.54) is 0 Å². The zero-order valence-corrected chi connectivity index (χ0v) is 17.6. The molecule has 2 amide bonds. The van der Waals surface area contributed by atoms with Crippen molar-refractivity contribution < 1.29 is 18.8 Å². The molecule has 0 bridgehead atoms. The number of likely N-dealkylation sites (tertiary alicyclic amines) is 1. The van der Waals surface area contributed by atoms with Crippen LogP contribution in [0.5, 0.6) is 0 Å². The molecule has 2 aromatic carbocycles. The van der Waals surface area contributed by atoms with Gasteiger partial charge >= 0.3 is 0 Å². The lowest BCUT2D eigenvalue weighted by Crippen LogP contribution is -2.45. The van der Waals surface area contributed by atoms with E-state index in [0.717, 1.165) is 6.42 Å². The van der Waals surface area contributed by atoms with Crippen LogP contribution in [-0.2, 0) is 16.1 Å². The molecule has 1 unspecified atom stereocenters. The van der Waals surface area contributed by atoms with Crippen LogP contribution in [0, 0.1) is 0 Å². The third-order valence-electron chi connectivity index (χ3n) is 5.51. The maximum Gasteiger partial charge on any atom is 0.238 e. The van der Waals surface area contributed by atoms with Crippen molar-refractivity contribution >= 4 is 23.3 Å². The highest BCUT2D eigenvalue weighted by Gasteiger charge is 2.32. The Labute approximate surface area is 186 Å². The van der Waals surface area contributed by atoms with E-state index in [4.69, 9.17) is 4.42 Å². The van der Waals surface area contributed by atoms with E-state index in [1.54, 1.807) is 66.9 Å². The molecule has 3 aromatic rings. The standard InChI is InChI=1S/C25H25N3O4/c29-23(17-28-14-6-13-22(28)25(31)26-16-19-10-7-15-32-19)27-21-12-5-4-11-20(21)24(30)18-8-2-1-3-9-18/h1-5,7-12,15,22H,6,13-14,16-17H2,(H,26,31)(H,27,29). The average molecular weight is 431 g/mol. The Morgan fingerprint density at radius 2 is 1.75 bits per heavy atom. The summed E-state index contributed by atoms with van der Waals surface area (Å²) in [6, 6.07) is 19.1. The smallest absolute Gasteiger partial charge is 0.238 e. The van der Waals surface area contributed by atoms with Crippen LogP contribution in [0.15, 0.2) is 77.4 Å². The first-order chi connectivity index (χ1) is 15.6. The molecule has 0 saturated carbocycles. The van der Waals surface area contributed by atoms with E-state index >= 15 is 0 Å². The number of carbonyl (C=O) groups excluding carboxylic acids is 3. The minimum absolute atomic E-state index is 0.0761. The van der Waals surface area contributed by atoms with Crippen molar-refractivity contribution in [3.8, 4) is 0 Å². The van der Waals surface area contributed by atoms with Gasteiger partial charge in [-0.25, -0.2) is 0 Å². The molecule has 0 aliphatic carbocycles. The minimum Gasteiger partial charge on any atom is -0.467 e. The van der Waals surface area contributed by atoms with E-state index < -0.39 is 0 Å². The Kier molecular flexibility index (Phi) is 6.77. The third kappa shape index (κ3) is 5.12. The number of rotatable bonds is 8. The summed E-state index contributed by atoms with van der Waals surface area (Å²) in [5, 5.41) is 5.73. The van der Waals surface area contributed by atoms with Gasteiger partial charge in [-0.2, -0.15) is 0 Å². The Hall–Kier alpha value is -3.71. The number of benzene rings is 2. The first-order valence-electron chi connectivity index (χ1n) is 10.6. The molecule has 0 radical (unpaired) electrons. The van der Waals surface area contributed by atoms with Gasteiger partial charge in [0.05, 0.1) is 31.1 Å². The van der Waals surface area contributed by atoms with Crippen LogP contribution in [0.25, 0.3) is 0 Å². The average Bonchev–Trinajstić information content (AvgIpc) is 3.50. The summed E-state index contributed by atoms with van der Waals surface area (Å²) in [6.45, 7) is 1.06. The largest absolute Gasteiger partial charge is 0.467 e. The number of furan rings is 1. The molecule has 1 saturated heterocycles. The van der Waals surface area contributed by atoms with Crippen LogP contribution in [0.1, 0.15) is 34.5 Å². The first kappa shape index (κ1) is 21.5. The van der Waals surface area contributed by atoms with Crippen LogP contribution >= 0.6 is 0 Å². The summed E-state index contributed by atoms with van der Waals surface area (Å²) in [5.41, 5.74) is 1.45. The monoisotopic (exact) mass is 431 g/mol. The van der Waals surface area contributed by atoms with Gasteiger partial charge in [0.25, 0.3) is 0 Å². The van der Waals surface area contributed by atoms with Gasteiger partial charge in [-0.15, -0.1) is 0 Å². The first-order valence-corrected chi connectivity index (χ1v) is 10.6. The highest BCUT2D eigenvalue weighted by atomic mass is 16.3. The molecule has 7 heteroatoms. The van der Waals surface area contributed by atoms with Crippen LogP contribution < -0.4 is 10.6 Å². The lowest BCUT2D eigenvalue weighted by molar-refractivity contribution is -0.126. The fraction of sp³-hybridized carbons (Fsp3) is 0.240. The van der Waals surface area contributed by atoms with Gasteiger partial charge in [-0.3, -0.25) is 19.3 Å². The Morgan fingerprint density at radius 3 is 2.53 bits per heavy atom. The van der Waals surface area contributed by atoms with Gasteiger partial charge in [0.1, 0.15) is 5.76 Å². The van der Waals surface area contributed by atoms with Crippen LogP contribution in [0.2, 0.25) is 0 Å². The molecule has 7 nitrogen and oxygen atoms in total. The number of amides is 2. The molecule has 2 N–H and O–H groups in total. The number of nitrogens with zero attached hydrogens (tertiary/aromatic N) is 1. The number of carbonyl (C=O) groups is 3. The number of para-hydroxylation sites is 1. The Morgan fingerprint density at radius 1 is 0.969 bits per heavy atom. The third-order valence-corrected chi connectivity index (χ3v) is 5.51. The Balaban J connectivity index is 1.38. The van der Waals surface area contributed by atoms with Crippen LogP contribution in [-0.4, -0.2) is 41.6 Å². The van der Waals surface area contributed by atoms with Crippen molar-refractivity contribution in [1.82, 2.24) is 10.2 Å². The van der Waals surface area contributed by atoms with Gasteiger partial charge in [-0.1, -0.05) is 42.5 Å². The fourth-order valence-corrected chi connectivity index (χ4v) is 3.93. The van der Waals surface area contributed by atoms with Crippen molar-refractivity contribution in [2.75, 3.05) is 18.4 Å². The normalized spacial score (nSPS) is 15.9. The second-order valence-electron chi connectivity index (χ2n) is 7.71. The van der Waals surface area contributed by atoms with Crippen molar-refractivity contribution in [2.24, 2.45) is 0 Å². The lowest BCUT2D eigenvalue weighted by Gasteiger charge is -2.23. The summed E-state index contributed by atoms with van der Waals surface area (Å²) in [4.78, 5) is 40.2. The summed E-state index contributed by atoms with van der Waals surface area (Å²) in [6.07, 6.45) is 3.10. The number of nitrogens with one attached hydrogen (secondary N) is 2. The predicted molar refractivity (Wildman–Crippen MR) is 120 cm³/mol. The molecule has 4 rings (SSSR count). The predicted octanol–water partition coefficient (Wildman–Crippen LogP) is 3.23. The van der Waals surface area contributed by atoms with Crippen LogP contribution in [0.4, 0.5) is 5.69 Å². The SMILES string of the molecule is O=C(CN1CCCC1C(=O)NCc1ccco1)Nc1ccccc1C(=O)c1ccccc1. The van der Waals surface area contributed by atoms with Gasteiger partial charge in [0.15, 0.2) is 5.78 Å². The van der Waals surface area contributed by atoms with E-state index in [1.807, 2.05) is 11.0 Å². The molecular weight excluding hydrogens is 406 g/mol. The molecule has 1 atom stereocenters. The van der Waals surface area contributed by atoms with Crippen molar-refractivity contribution in [3.63, 3.8) is 0 Å². The molecule has 1 aromatic heterocycles. The summed E-state index contributed by atoms with van der Waals surface area (Å²) < 4.78 is 5.25. The van der Waals surface area contributed by atoms with Gasteiger partial charge in [0.2, 0.25) is 11.8 Å². The highest BCUT2D eigenvalue weighted by Crippen LogP contribution is 2.21. The van der Waals surface area contributed by atoms with Gasteiger partial charge < -0.3 is 15.1 Å². The Bertz CT molecular complexity index is 1080. The molecule has 164 valence electrons. The number of ketones is 1. The van der Waals surface area contributed by atoms with E-state index in [-0.39, 0.29) is 30.2 Å². The molecule has 1 aliphatic heterocycles. The number of hydrogen-bond acceptors (Lipinski definition) is 5. The second-order valence-corrected chi connectivity index (χ2v) is 7.71. The van der Waals surface area contributed by atoms with E-state index in [9.17, 15) is 14.4 Å². The quantitative estimate of drug-likeness (QED) is 0.535. The van der Waals surface area contributed by atoms with Crippen molar-refractivity contribution in [3.05, 3.63) is 89.9 Å². The van der Waals surface area contributed by atoms with Gasteiger partial charge in [-0.05, 0) is 43.7 Å². The second kappa shape index (κ2) is 10.1. The maximum absolute atomic E-state index is 12.9. The zero-order chi connectivity index (χ0) is 22.3. The van der Waals surface area contributed by atoms with Gasteiger partial charge in [0, 0.05) is 11.1 Å². The lowest BCUT2D eigenvalue weighted by atomic mass is 10.0. The molecule has 0 spiro atoms. The summed E-state index contributed by atoms with van der Waals surface area (Å²) in [7, 11) is 0. The molecule has 32 heavy (non-hydrogen) atoms. The minimum atomic E-state index is -0.364. The zero-order valence-electron chi connectivity index (χ0n) is 17.6. The maximum atomic E-state index is 12.9. The number of anilines is 1.